The molecule has 3 N–H and O–H groups in total. The number of aromatic amines is 1. The van der Waals surface area contributed by atoms with Gasteiger partial charge in [0.15, 0.2) is 0 Å². The molecule has 0 aliphatic rings. The third-order valence-electron chi connectivity index (χ3n) is 3.95. The van der Waals surface area contributed by atoms with E-state index in [2.05, 4.69) is 61.3 Å². The van der Waals surface area contributed by atoms with Crippen molar-refractivity contribution in [1.29, 1.82) is 0 Å². The van der Waals surface area contributed by atoms with Crippen molar-refractivity contribution in [1.82, 2.24) is 4.98 Å². The summed E-state index contributed by atoms with van der Waals surface area (Å²) in [7, 11) is 0. The zero-order valence-electron chi connectivity index (χ0n) is 12.7. The summed E-state index contributed by atoms with van der Waals surface area (Å²) < 4.78 is 0. The van der Waals surface area contributed by atoms with Gasteiger partial charge in [-0.2, -0.15) is 0 Å². The summed E-state index contributed by atoms with van der Waals surface area (Å²) in [5.41, 5.74) is 13.4. The molecule has 0 unspecified atom stereocenters. The fraction of sp³-hybridized carbons (Fsp3) is 0.263. The highest BCUT2D eigenvalue weighted by Gasteiger charge is 2.13. The van der Waals surface area contributed by atoms with Gasteiger partial charge in [-0.1, -0.05) is 35.4 Å². The van der Waals surface area contributed by atoms with Crippen LogP contribution in [0.5, 0.6) is 0 Å². The van der Waals surface area contributed by atoms with Crippen LogP contribution >= 0.6 is 0 Å². The molecule has 0 fully saturated rings. The number of nitrogens with two attached hydrogens (primary N) is 1. The first-order valence-corrected chi connectivity index (χ1v) is 7.57. The lowest BCUT2D eigenvalue weighted by Gasteiger charge is -2.07. The summed E-state index contributed by atoms with van der Waals surface area (Å²) in [5, 5.41) is 1.32. The second-order valence-corrected chi connectivity index (χ2v) is 5.79. The van der Waals surface area contributed by atoms with E-state index >= 15 is 0 Å². The van der Waals surface area contributed by atoms with Gasteiger partial charge in [0.05, 0.1) is 0 Å². The van der Waals surface area contributed by atoms with Gasteiger partial charge in [0.25, 0.3) is 0 Å². The lowest BCUT2D eigenvalue weighted by molar-refractivity contribution is 0.838. The highest BCUT2D eigenvalue weighted by atomic mass is 14.7. The number of hydrogen-bond donors (Lipinski definition) is 2. The molecule has 2 aromatic carbocycles. The topological polar surface area (TPSA) is 41.8 Å². The van der Waals surface area contributed by atoms with Crippen LogP contribution in [0, 0.1) is 13.8 Å². The average molecular weight is 278 g/mol. The fourth-order valence-electron chi connectivity index (χ4n) is 3.10. The van der Waals surface area contributed by atoms with Gasteiger partial charge in [-0.15, -0.1) is 0 Å². The van der Waals surface area contributed by atoms with E-state index in [9.17, 15) is 0 Å². The van der Waals surface area contributed by atoms with Crippen molar-refractivity contribution in [3.8, 4) is 11.3 Å². The minimum absolute atomic E-state index is 0.728. The first kappa shape index (κ1) is 13.9. The van der Waals surface area contributed by atoms with Crippen molar-refractivity contribution in [2.45, 2.75) is 26.7 Å². The van der Waals surface area contributed by atoms with E-state index in [1.807, 2.05) is 0 Å². The van der Waals surface area contributed by atoms with E-state index in [0.717, 1.165) is 19.4 Å². The highest BCUT2D eigenvalue weighted by molar-refractivity contribution is 5.90. The molecular formula is C19H22N2. The van der Waals surface area contributed by atoms with Crippen molar-refractivity contribution >= 4 is 10.9 Å². The number of rotatable bonds is 4. The van der Waals surface area contributed by atoms with Crippen LogP contribution in [-0.2, 0) is 6.42 Å². The Balaban J connectivity index is 2.20. The summed E-state index contributed by atoms with van der Waals surface area (Å²) in [6, 6.07) is 15.3. The van der Waals surface area contributed by atoms with Crippen LogP contribution in [0.15, 0.2) is 42.5 Å². The molecule has 1 aromatic heterocycles. The summed E-state index contributed by atoms with van der Waals surface area (Å²) in [5.74, 6) is 0. The molecule has 108 valence electrons. The van der Waals surface area contributed by atoms with Crippen LogP contribution in [0.1, 0.15) is 23.1 Å². The second-order valence-electron chi connectivity index (χ2n) is 5.79. The number of hydrogen-bond acceptors (Lipinski definition) is 1. The predicted octanol–water partition coefficient (Wildman–Crippen LogP) is 4.34. The Morgan fingerprint density at radius 2 is 1.71 bits per heavy atom. The van der Waals surface area contributed by atoms with Gasteiger partial charge >= 0.3 is 0 Å². The zero-order valence-corrected chi connectivity index (χ0v) is 12.7. The molecule has 21 heavy (non-hydrogen) atoms. The van der Waals surface area contributed by atoms with Crippen LogP contribution in [0.25, 0.3) is 22.2 Å². The first-order valence-electron chi connectivity index (χ1n) is 7.57. The van der Waals surface area contributed by atoms with Gasteiger partial charge < -0.3 is 10.7 Å². The van der Waals surface area contributed by atoms with Crippen LogP contribution in [0.4, 0.5) is 0 Å². The van der Waals surface area contributed by atoms with E-state index in [1.54, 1.807) is 0 Å². The quantitative estimate of drug-likeness (QED) is 0.732. The molecule has 3 rings (SSSR count). The van der Waals surface area contributed by atoms with Gasteiger partial charge in [-0.3, -0.25) is 0 Å². The highest BCUT2D eigenvalue weighted by Crippen LogP contribution is 2.32. The third kappa shape index (κ3) is 2.72. The van der Waals surface area contributed by atoms with Crippen LogP contribution in [-0.4, -0.2) is 11.5 Å². The van der Waals surface area contributed by atoms with E-state index < -0.39 is 0 Å². The molecule has 0 atom stereocenters. The normalized spacial score (nSPS) is 11.2. The Bertz CT molecular complexity index is 748. The number of nitrogens with one attached hydrogen (secondary N) is 1. The molecule has 1 heterocycles. The van der Waals surface area contributed by atoms with Gasteiger partial charge in [0, 0.05) is 16.6 Å². The molecule has 0 radical (unpaired) electrons. The van der Waals surface area contributed by atoms with Gasteiger partial charge in [0.1, 0.15) is 0 Å². The van der Waals surface area contributed by atoms with E-state index in [1.165, 1.54) is 38.9 Å². The number of benzene rings is 2. The molecule has 0 aliphatic carbocycles. The molecule has 0 amide bonds. The second kappa shape index (κ2) is 5.74. The fourth-order valence-corrected chi connectivity index (χ4v) is 3.10. The maximum absolute atomic E-state index is 5.72. The molecule has 2 heteroatoms. The van der Waals surface area contributed by atoms with Crippen LogP contribution < -0.4 is 5.73 Å². The van der Waals surface area contributed by atoms with Gasteiger partial charge in [0.2, 0.25) is 0 Å². The molecule has 0 aliphatic heterocycles. The molecule has 0 bridgehead atoms. The van der Waals surface area contributed by atoms with Crippen molar-refractivity contribution in [3.05, 3.63) is 59.2 Å². The maximum atomic E-state index is 5.72. The summed E-state index contributed by atoms with van der Waals surface area (Å²) in [6.07, 6.45) is 2.03. The standard InChI is InChI=1S/C19H22N2/c1-13-10-14(2)12-15(11-13)19-17(7-5-9-20)16-6-3-4-8-18(16)21-19/h3-4,6,8,10-12,21H,5,7,9,20H2,1-2H3. The minimum atomic E-state index is 0.728. The first-order chi connectivity index (χ1) is 10.2. The lowest BCUT2D eigenvalue weighted by atomic mass is 9.98. The molecule has 0 saturated heterocycles. The average Bonchev–Trinajstić information content (AvgIpc) is 2.83. The minimum Gasteiger partial charge on any atom is -0.354 e. The number of H-pyrrole nitrogens is 1. The Labute approximate surface area is 126 Å². The molecule has 3 aromatic rings. The molecule has 0 spiro atoms. The van der Waals surface area contributed by atoms with Crippen molar-refractivity contribution in [2.24, 2.45) is 5.73 Å². The number of aromatic nitrogens is 1. The van der Waals surface area contributed by atoms with Gasteiger partial charge in [-0.05, 0) is 62.6 Å². The Morgan fingerprint density at radius 3 is 2.43 bits per heavy atom. The van der Waals surface area contributed by atoms with Gasteiger partial charge in [-0.25, -0.2) is 0 Å². The Morgan fingerprint density at radius 1 is 1.00 bits per heavy atom. The third-order valence-corrected chi connectivity index (χ3v) is 3.95. The maximum Gasteiger partial charge on any atom is 0.0497 e. The van der Waals surface area contributed by atoms with Crippen molar-refractivity contribution in [3.63, 3.8) is 0 Å². The summed E-state index contributed by atoms with van der Waals surface area (Å²) >= 11 is 0. The monoisotopic (exact) mass is 278 g/mol. The van der Waals surface area contributed by atoms with Crippen LogP contribution in [0.2, 0.25) is 0 Å². The summed E-state index contributed by atoms with van der Waals surface area (Å²) in [4.78, 5) is 3.60. The largest absolute Gasteiger partial charge is 0.354 e. The molecular weight excluding hydrogens is 256 g/mol. The smallest absolute Gasteiger partial charge is 0.0497 e. The number of fused-ring (bicyclic) bond motifs is 1. The van der Waals surface area contributed by atoms with Crippen LogP contribution in [0.3, 0.4) is 0 Å². The van der Waals surface area contributed by atoms with E-state index in [-0.39, 0.29) is 0 Å². The lowest BCUT2D eigenvalue weighted by Crippen LogP contribution is -2.00. The number of aryl methyl sites for hydroxylation is 3. The van der Waals surface area contributed by atoms with E-state index in [4.69, 9.17) is 5.73 Å². The predicted molar refractivity (Wildman–Crippen MR) is 90.6 cm³/mol. The Kier molecular flexibility index (Phi) is 3.80. The van der Waals surface area contributed by atoms with Crippen molar-refractivity contribution in [2.75, 3.05) is 6.54 Å². The van der Waals surface area contributed by atoms with Crippen molar-refractivity contribution < 1.29 is 0 Å². The molecule has 2 nitrogen and oxygen atoms in total. The number of para-hydroxylation sites is 1. The summed E-state index contributed by atoms with van der Waals surface area (Å²) in [6.45, 7) is 5.03. The zero-order chi connectivity index (χ0) is 14.8. The van der Waals surface area contributed by atoms with E-state index in [0.29, 0.717) is 0 Å². The Hall–Kier alpha value is -2.06. The molecule has 0 saturated carbocycles. The SMILES string of the molecule is Cc1cc(C)cc(-c2[nH]c3ccccc3c2CCCN)c1.